The minimum absolute atomic E-state index is 0.319. The van der Waals surface area contributed by atoms with E-state index < -0.39 is 0 Å². The Labute approximate surface area is 128 Å². The van der Waals surface area contributed by atoms with Crippen LogP contribution >= 0.6 is 0 Å². The summed E-state index contributed by atoms with van der Waals surface area (Å²) in [4.78, 5) is 11.3. The maximum Gasteiger partial charge on any atom is 0.337 e. The molecule has 118 valence electrons. The summed E-state index contributed by atoms with van der Waals surface area (Å²) in [5.41, 5.74) is 0.548. The number of carbonyl (C=O) groups is 1. The van der Waals surface area contributed by atoms with E-state index in [2.05, 4.69) is 25.5 Å². The average molecular weight is 292 g/mol. The fourth-order valence-corrected chi connectivity index (χ4v) is 2.20. The molecule has 0 fully saturated rings. The predicted molar refractivity (Wildman–Crippen MR) is 85.7 cm³/mol. The molecule has 21 heavy (non-hydrogen) atoms. The summed E-state index contributed by atoms with van der Waals surface area (Å²) in [6, 6.07) is 7.09. The SMILES string of the molecule is COC(=O)c1ccc(OCCC(C)CCCC(C)C)cc1. The summed E-state index contributed by atoms with van der Waals surface area (Å²) in [6.45, 7) is 7.54. The quantitative estimate of drug-likeness (QED) is 0.619. The van der Waals surface area contributed by atoms with Crippen LogP contribution in [-0.2, 0) is 4.74 Å². The van der Waals surface area contributed by atoms with E-state index in [-0.39, 0.29) is 5.97 Å². The highest BCUT2D eigenvalue weighted by Crippen LogP contribution is 2.17. The van der Waals surface area contributed by atoms with Gasteiger partial charge in [0.25, 0.3) is 0 Å². The summed E-state index contributed by atoms with van der Waals surface area (Å²) in [7, 11) is 1.38. The molecular weight excluding hydrogens is 264 g/mol. The highest BCUT2D eigenvalue weighted by molar-refractivity contribution is 5.89. The largest absolute Gasteiger partial charge is 0.494 e. The Morgan fingerprint density at radius 1 is 1.05 bits per heavy atom. The van der Waals surface area contributed by atoms with Crippen molar-refractivity contribution in [2.45, 2.75) is 46.5 Å². The third-order valence-corrected chi connectivity index (χ3v) is 3.63. The molecule has 0 bridgehead atoms. The highest BCUT2D eigenvalue weighted by atomic mass is 16.5. The van der Waals surface area contributed by atoms with Gasteiger partial charge in [0.1, 0.15) is 5.75 Å². The number of benzene rings is 1. The minimum Gasteiger partial charge on any atom is -0.494 e. The fourth-order valence-electron chi connectivity index (χ4n) is 2.20. The van der Waals surface area contributed by atoms with Crippen molar-refractivity contribution in [3.8, 4) is 5.75 Å². The van der Waals surface area contributed by atoms with Crippen LogP contribution in [0.1, 0.15) is 56.8 Å². The van der Waals surface area contributed by atoms with E-state index in [0.717, 1.165) is 24.7 Å². The Balaban J connectivity index is 2.24. The van der Waals surface area contributed by atoms with Gasteiger partial charge in [-0.2, -0.15) is 0 Å². The maximum atomic E-state index is 11.3. The lowest BCUT2D eigenvalue weighted by molar-refractivity contribution is 0.0600. The molecule has 0 aliphatic rings. The first-order chi connectivity index (χ1) is 10.0. The number of hydrogen-bond acceptors (Lipinski definition) is 3. The topological polar surface area (TPSA) is 35.5 Å². The number of methoxy groups -OCH3 is 1. The van der Waals surface area contributed by atoms with Crippen LogP contribution in [-0.4, -0.2) is 19.7 Å². The second-order valence-electron chi connectivity index (χ2n) is 6.08. The Bertz CT molecular complexity index is 409. The molecule has 1 aromatic carbocycles. The van der Waals surface area contributed by atoms with E-state index in [9.17, 15) is 4.79 Å². The fraction of sp³-hybridized carbons (Fsp3) is 0.611. The molecule has 0 aliphatic carbocycles. The monoisotopic (exact) mass is 292 g/mol. The smallest absolute Gasteiger partial charge is 0.337 e. The zero-order valence-electron chi connectivity index (χ0n) is 13.7. The second-order valence-corrected chi connectivity index (χ2v) is 6.08. The molecule has 0 spiro atoms. The molecule has 0 saturated heterocycles. The first kappa shape index (κ1) is 17.5. The maximum absolute atomic E-state index is 11.3. The van der Waals surface area contributed by atoms with Gasteiger partial charge in [-0.15, -0.1) is 0 Å². The van der Waals surface area contributed by atoms with Gasteiger partial charge in [-0.25, -0.2) is 4.79 Å². The van der Waals surface area contributed by atoms with Crippen molar-refractivity contribution in [1.82, 2.24) is 0 Å². The van der Waals surface area contributed by atoms with E-state index in [0.29, 0.717) is 11.5 Å². The lowest BCUT2D eigenvalue weighted by atomic mass is 9.98. The molecule has 0 aromatic heterocycles. The summed E-state index contributed by atoms with van der Waals surface area (Å²) in [6.07, 6.45) is 4.94. The third kappa shape index (κ3) is 7.16. The van der Waals surface area contributed by atoms with E-state index in [1.807, 2.05) is 12.1 Å². The molecule has 1 atom stereocenters. The van der Waals surface area contributed by atoms with Crippen LogP contribution in [0.15, 0.2) is 24.3 Å². The van der Waals surface area contributed by atoms with Crippen LogP contribution in [0.3, 0.4) is 0 Å². The van der Waals surface area contributed by atoms with Crippen molar-refractivity contribution in [3.05, 3.63) is 29.8 Å². The molecule has 0 heterocycles. The zero-order valence-corrected chi connectivity index (χ0v) is 13.7. The van der Waals surface area contributed by atoms with Crippen molar-refractivity contribution >= 4 is 5.97 Å². The summed E-state index contributed by atoms with van der Waals surface area (Å²) >= 11 is 0. The van der Waals surface area contributed by atoms with Gasteiger partial charge in [-0.3, -0.25) is 0 Å². The summed E-state index contributed by atoms with van der Waals surface area (Å²) < 4.78 is 10.4. The third-order valence-electron chi connectivity index (χ3n) is 3.63. The first-order valence-electron chi connectivity index (χ1n) is 7.84. The van der Waals surface area contributed by atoms with Gasteiger partial charge in [0.05, 0.1) is 19.3 Å². The minimum atomic E-state index is -0.319. The van der Waals surface area contributed by atoms with Crippen LogP contribution in [0.25, 0.3) is 0 Å². The molecule has 0 N–H and O–H groups in total. The molecule has 0 amide bonds. The summed E-state index contributed by atoms with van der Waals surface area (Å²) in [5.74, 6) is 1.97. The van der Waals surface area contributed by atoms with Crippen molar-refractivity contribution in [3.63, 3.8) is 0 Å². The van der Waals surface area contributed by atoms with Crippen molar-refractivity contribution in [1.29, 1.82) is 0 Å². The molecule has 1 aromatic rings. The standard InChI is InChI=1S/C18H28O3/c1-14(2)6-5-7-15(3)12-13-21-17-10-8-16(9-11-17)18(19)20-4/h8-11,14-15H,5-7,12-13H2,1-4H3. The van der Waals surface area contributed by atoms with E-state index >= 15 is 0 Å². The van der Waals surface area contributed by atoms with E-state index in [1.54, 1.807) is 12.1 Å². The lowest BCUT2D eigenvalue weighted by Crippen LogP contribution is -2.05. The molecule has 0 radical (unpaired) electrons. The number of rotatable bonds is 9. The van der Waals surface area contributed by atoms with Crippen LogP contribution in [0, 0.1) is 11.8 Å². The van der Waals surface area contributed by atoms with E-state index in [4.69, 9.17) is 4.74 Å². The van der Waals surface area contributed by atoms with Gasteiger partial charge in [-0.05, 0) is 42.5 Å². The molecule has 1 unspecified atom stereocenters. The van der Waals surface area contributed by atoms with Crippen molar-refractivity contribution in [2.24, 2.45) is 11.8 Å². The Hall–Kier alpha value is -1.51. The molecule has 1 rings (SSSR count). The number of carbonyl (C=O) groups excluding carboxylic acids is 1. The van der Waals surface area contributed by atoms with Crippen LogP contribution in [0.4, 0.5) is 0 Å². The van der Waals surface area contributed by atoms with Crippen LogP contribution < -0.4 is 4.74 Å². The van der Waals surface area contributed by atoms with Gasteiger partial charge >= 0.3 is 5.97 Å². The molecule has 0 aliphatic heterocycles. The van der Waals surface area contributed by atoms with Gasteiger partial charge in [0.2, 0.25) is 0 Å². The van der Waals surface area contributed by atoms with Gasteiger partial charge in [-0.1, -0.05) is 40.0 Å². The van der Waals surface area contributed by atoms with E-state index in [1.165, 1.54) is 26.4 Å². The number of esters is 1. The Kier molecular flexibility index (Phi) is 7.88. The molecular formula is C18H28O3. The zero-order chi connectivity index (χ0) is 15.7. The number of hydrogen-bond donors (Lipinski definition) is 0. The van der Waals surface area contributed by atoms with Gasteiger partial charge in [0.15, 0.2) is 0 Å². The van der Waals surface area contributed by atoms with Crippen molar-refractivity contribution < 1.29 is 14.3 Å². The summed E-state index contributed by atoms with van der Waals surface area (Å²) in [5, 5.41) is 0. The highest BCUT2D eigenvalue weighted by Gasteiger charge is 2.06. The van der Waals surface area contributed by atoms with Crippen LogP contribution in [0.2, 0.25) is 0 Å². The lowest BCUT2D eigenvalue weighted by Gasteiger charge is -2.13. The Morgan fingerprint density at radius 2 is 1.71 bits per heavy atom. The first-order valence-corrected chi connectivity index (χ1v) is 7.84. The second kappa shape index (κ2) is 9.43. The predicted octanol–water partition coefficient (Wildman–Crippen LogP) is 4.70. The number of ether oxygens (including phenoxy) is 2. The average Bonchev–Trinajstić information content (AvgIpc) is 2.46. The van der Waals surface area contributed by atoms with Crippen LogP contribution in [0.5, 0.6) is 5.75 Å². The van der Waals surface area contributed by atoms with Gasteiger partial charge < -0.3 is 9.47 Å². The molecule has 3 heteroatoms. The Morgan fingerprint density at radius 3 is 2.29 bits per heavy atom. The molecule has 0 saturated carbocycles. The normalized spacial score (nSPS) is 12.2. The van der Waals surface area contributed by atoms with Crippen molar-refractivity contribution in [2.75, 3.05) is 13.7 Å². The molecule has 3 nitrogen and oxygen atoms in total. The van der Waals surface area contributed by atoms with Gasteiger partial charge in [0, 0.05) is 0 Å².